The highest BCUT2D eigenvalue weighted by atomic mass is 79.9. The van der Waals surface area contributed by atoms with Gasteiger partial charge in [0.25, 0.3) is 0 Å². The Bertz CT molecular complexity index is 345. The molecule has 1 aliphatic rings. The predicted octanol–water partition coefficient (Wildman–Crippen LogP) is 3.00. The molecule has 0 bridgehead atoms. The molecule has 2 heterocycles. The number of hydrogen-bond donors (Lipinski definition) is 1. The minimum atomic E-state index is 0.543. The molecule has 0 aliphatic carbocycles. The highest BCUT2D eigenvalue weighted by Gasteiger charge is 2.20. The predicted molar refractivity (Wildman–Crippen MR) is 73.0 cm³/mol. The molecule has 1 unspecified atom stereocenters. The Hall–Kier alpha value is -0.320. The normalized spacial score (nSPS) is 20.6. The monoisotopic (exact) mass is 300 g/mol. The number of furan rings is 1. The maximum absolute atomic E-state index is 5.58. The molecule has 1 saturated heterocycles. The number of rotatable bonds is 5. The van der Waals surface area contributed by atoms with E-state index in [1.54, 1.807) is 0 Å². The summed E-state index contributed by atoms with van der Waals surface area (Å²) in [5, 5.41) is 3.55. The maximum Gasteiger partial charge on any atom is 0.169 e. The average Bonchev–Trinajstić information content (AvgIpc) is 2.89. The fourth-order valence-electron chi connectivity index (χ4n) is 2.29. The summed E-state index contributed by atoms with van der Waals surface area (Å²) in [6.45, 7) is 7.65. The van der Waals surface area contributed by atoms with Gasteiger partial charge >= 0.3 is 0 Å². The van der Waals surface area contributed by atoms with Crippen LogP contribution in [0.25, 0.3) is 0 Å². The number of nitrogens with one attached hydrogen (secondary N) is 1. The van der Waals surface area contributed by atoms with Gasteiger partial charge in [0.05, 0.1) is 6.54 Å². The largest absolute Gasteiger partial charge is 0.453 e. The lowest BCUT2D eigenvalue weighted by atomic mass is 10.2. The van der Waals surface area contributed by atoms with Crippen LogP contribution in [-0.2, 0) is 6.54 Å². The third kappa shape index (κ3) is 3.83. The topological polar surface area (TPSA) is 28.4 Å². The van der Waals surface area contributed by atoms with Crippen molar-refractivity contribution < 1.29 is 4.42 Å². The summed E-state index contributed by atoms with van der Waals surface area (Å²) in [6.07, 6.45) is 2.61. The van der Waals surface area contributed by atoms with E-state index in [-0.39, 0.29) is 0 Å². The van der Waals surface area contributed by atoms with E-state index in [1.165, 1.54) is 19.4 Å². The van der Waals surface area contributed by atoms with Gasteiger partial charge in [-0.2, -0.15) is 0 Å². The number of hydrogen-bond acceptors (Lipinski definition) is 3. The SMILES string of the molecule is CC(C)N(Cc1ccc(Br)o1)CC1CCCN1. The molecule has 0 spiro atoms. The molecule has 17 heavy (non-hydrogen) atoms. The fourth-order valence-corrected chi connectivity index (χ4v) is 2.63. The van der Waals surface area contributed by atoms with Gasteiger partial charge < -0.3 is 9.73 Å². The van der Waals surface area contributed by atoms with Crippen molar-refractivity contribution in [3.05, 3.63) is 22.6 Å². The first-order valence-corrected chi connectivity index (χ1v) is 7.16. The molecular weight excluding hydrogens is 280 g/mol. The van der Waals surface area contributed by atoms with Crippen LogP contribution in [0.2, 0.25) is 0 Å². The Kier molecular flexibility index (Phi) is 4.65. The summed E-state index contributed by atoms with van der Waals surface area (Å²) in [7, 11) is 0. The third-order valence-electron chi connectivity index (χ3n) is 3.34. The molecule has 4 heteroatoms. The van der Waals surface area contributed by atoms with Crippen LogP contribution in [0.3, 0.4) is 0 Å². The Morgan fingerprint density at radius 3 is 2.88 bits per heavy atom. The minimum absolute atomic E-state index is 0.543. The van der Waals surface area contributed by atoms with Gasteiger partial charge in [0.1, 0.15) is 5.76 Å². The molecule has 1 aromatic heterocycles. The third-order valence-corrected chi connectivity index (χ3v) is 3.76. The summed E-state index contributed by atoms with van der Waals surface area (Å²) in [6, 6.07) is 5.19. The lowest BCUT2D eigenvalue weighted by Crippen LogP contribution is -2.40. The van der Waals surface area contributed by atoms with Crippen LogP contribution < -0.4 is 5.32 Å². The van der Waals surface area contributed by atoms with Crippen LogP contribution in [0.1, 0.15) is 32.4 Å². The quantitative estimate of drug-likeness (QED) is 0.906. The molecule has 0 saturated carbocycles. The van der Waals surface area contributed by atoms with Crippen LogP contribution in [0.15, 0.2) is 21.2 Å². The molecule has 1 aliphatic heterocycles. The van der Waals surface area contributed by atoms with Gasteiger partial charge in [0, 0.05) is 18.6 Å². The van der Waals surface area contributed by atoms with Crippen molar-refractivity contribution in [3.8, 4) is 0 Å². The van der Waals surface area contributed by atoms with E-state index >= 15 is 0 Å². The minimum Gasteiger partial charge on any atom is -0.453 e. The van der Waals surface area contributed by atoms with Crippen LogP contribution in [0, 0.1) is 0 Å². The van der Waals surface area contributed by atoms with Crippen LogP contribution in [0.5, 0.6) is 0 Å². The molecular formula is C13H21BrN2O. The summed E-state index contributed by atoms with van der Waals surface area (Å²) in [4.78, 5) is 2.47. The maximum atomic E-state index is 5.58. The summed E-state index contributed by atoms with van der Waals surface area (Å²) in [5.41, 5.74) is 0. The van der Waals surface area contributed by atoms with Gasteiger partial charge in [-0.15, -0.1) is 0 Å². The van der Waals surface area contributed by atoms with Gasteiger partial charge in [-0.25, -0.2) is 0 Å². The van der Waals surface area contributed by atoms with E-state index in [0.717, 1.165) is 23.5 Å². The van der Waals surface area contributed by atoms with Crippen LogP contribution >= 0.6 is 15.9 Å². The van der Waals surface area contributed by atoms with Crippen LogP contribution in [-0.4, -0.2) is 30.1 Å². The molecule has 1 N–H and O–H groups in total. The van der Waals surface area contributed by atoms with Crippen molar-refractivity contribution in [1.82, 2.24) is 10.2 Å². The smallest absolute Gasteiger partial charge is 0.169 e. The standard InChI is InChI=1S/C13H21BrN2O/c1-10(2)16(8-11-4-3-7-15-11)9-12-5-6-13(14)17-12/h5-6,10-11,15H,3-4,7-9H2,1-2H3. The van der Waals surface area contributed by atoms with E-state index in [9.17, 15) is 0 Å². The molecule has 96 valence electrons. The first-order valence-electron chi connectivity index (χ1n) is 6.37. The van der Waals surface area contributed by atoms with Crippen molar-refractivity contribution >= 4 is 15.9 Å². The molecule has 0 radical (unpaired) electrons. The molecule has 1 atom stereocenters. The number of halogens is 1. The summed E-state index contributed by atoms with van der Waals surface area (Å²) < 4.78 is 6.40. The highest BCUT2D eigenvalue weighted by molar-refractivity contribution is 9.10. The second-order valence-corrected chi connectivity index (χ2v) is 5.80. The van der Waals surface area contributed by atoms with Crippen molar-refractivity contribution in [3.63, 3.8) is 0 Å². The molecule has 2 rings (SSSR count). The first-order chi connectivity index (χ1) is 8.15. The van der Waals surface area contributed by atoms with E-state index in [1.807, 2.05) is 12.1 Å². The van der Waals surface area contributed by atoms with Crippen molar-refractivity contribution in [2.75, 3.05) is 13.1 Å². The summed E-state index contributed by atoms with van der Waals surface area (Å²) >= 11 is 3.35. The Labute approximate surface area is 112 Å². The van der Waals surface area contributed by atoms with Gasteiger partial charge in [-0.1, -0.05) is 0 Å². The Morgan fingerprint density at radius 1 is 1.53 bits per heavy atom. The fraction of sp³-hybridized carbons (Fsp3) is 0.692. The van der Waals surface area contributed by atoms with E-state index < -0.39 is 0 Å². The van der Waals surface area contributed by atoms with Gasteiger partial charge in [-0.3, -0.25) is 4.90 Å². The molecule has 1 aromatic rings. The van der Waals surface area contributed by atoms with Gasteiger partial charge in [0.2, 0.25) is 0 Å². The van der Waals surface area contributed by atoms with Crippen molar-refractivity contribution in [2.24, 2.45) is 0 Å². The van der Waals surface area contributed by atoms with Gasteiger partial charge in [-0.05, 0) is 61.3 Å². The zero-order chi connectivity index (χ0) is 12.3. The second kappa shape index (κ2) is 6.03. The van der Waals surface area contributed by atoms with E-state index in [4.69, 9.17) is 4.42 Å². The first kappa shape index (κ1) is 13.1. The number of nitrogens with zero attached hydrogens (tertiary/aromatic N) is 1. The van der Waals surface area contributed by atoms with Crippen molar-refractivity contribution in [1.29, 1.82) is 0 Å². The van der Waals surface area contributed by atoms with Gasteiger partial charge in [0.15, 0.2) is 4.67 Å². The Balaban J connectivity index is 1.92. The van der Waals surface area contributed by atoms with E-state index in [2.05, 4.69) is 40.0 Å². The summed E-state index contributed by atoms with van der Waals surface area (Å²) in [5.74, 6) is 1.03. The van der Waals surface area contributed by atoms with Crippen molar-refractivity contribution in [2.45, 2.75) is 45.3 Å². The second-order valence-electron chi connectivity index (χ2n) is 5.02. The lowest BCUT2D eigenvalue weighted by Gasteiger charge is -2.28. The highest BCUT2D eigenvalue weighted by Crippen LogP contribution is 2.18. The zero-order valence-corrected chi connectivity index (χ0v) is 12.2. The van der Waals surface area contributed by atoms with E-state index in [0.29, 0.717) is 12.1 Å². The molecule has 0 amide bonds. The lowest BCUT2D eigenvalue weighted by molar-refractivity contribution is 0.179. The average molecular weight is 301 g/mol. The zero-order valence-electron chi connectivity index (χ0n) is 10.6. The Morgan fingerprint density at radius 2 is 2.35 bits per heavy atom. The molecule has 1 fully saturated rings. The van der Waals surface area contributed by atoms with Crippen LogP contribution in [0.4, 0.5) is 0 Å². The molecule has 3 nitrogen and oxygen atoms in total. The molecule has 0 aromatic carbocycles.